The zero-order chi connectivity index (χ0) is 14.0. The highest BCUT2D eigenvalue weighted by molar-refractivity contribution is 5.92. The molecule has 4 heteroatoms. The van der Waals surface area contributed by atoms with Gasteiger partial charge in [0.1, 0.15) is 5.82 Å². The van der Waals surface area contributed by atoms with Crippen LogP contribution < -0.4 is 0 Å². The molecule has 0 atom stereocenters. The summed E-state index contributed by atoms with van der Waals surface area (Å²) in [5, 5.41) is 9.32. The number of carboxylic acid groups (broad SMARTS) is 1. The number of carboxylic acids is 1. The Kier molecular flexibility index (Phi) is 3.60. The van der Waals surface area contributed by atoms with Crippen molar-refractivity contribution < 1.29 is 14.3 Å². The summed E-state index contributed by atoms with van der Waals surface area (Å²) in [5.41, 5.74) is 2.18. The smallest absolute Gasteiger partial charge is 0.328 e. The van der Waals surface area contributed by atoms with Gasteiger partial charge >= 0.3 is 5.97 Å². The molecule has 1 aromatic carbocycles. The molecule has 1 aromatic heterocycles. The number of rotatable bonds is 3. The summed E-state index contributed by atoms with van der Waals surface area (Å²) >= 11 is 0. The molecular formula is C15H14FNO2. The van der Waals surface area contributed by atoms with Crippen molar-refractivity contribution in [2.45, 2.75) is 19.8 Å². The lowest BCUT2D eigenvalue weighted by molar-refractivity contribution is -0.131. The molecule has 19 heavy (non-hydrogen) atoms. The lowest BCUT2D eigenvalue weighted by Gasteiger charge is -2.09. The summed E-state index contributed by atoms with van der Waals surface area (Å²) in [7, 11) is 0. The highest BCUT2D eigenvalue weighted by Gasteiger charge is 2.08. The molecular weight excluding hydrogens is 245 g/mol. The quantitative estimate of drug-likeness (QED) is 0.857. The van der Waals surface area contributed by atoms with E-state index in [1.54, 1.807) is 12.1 Å². The molecule has 1 heterocycles. The van der Waals surface area contributed by atoms with Gasteiger partial charge in [-0.15, -0.1) is 0 Å². The van der Waals surface area contributed by atoms with Crippen LogP contribution in [0.1, 0.15) is 31.0 Å². The average Bonchev–Trinajstić information content (AvgIpc) is 2.35. The van der Waals surface area contributed by atoms with Crippen molar-refractivity contribution in [3.63, 3.8) is 0 Å². The molecule has 0 fully saturated rings. The highest BCUT2D eigenvalue weighted by Crippen LogP contribution is 2.24. The number of nitrogens with zero attached hydrogens (tertiary/aromatic N) is 1. The molecule has 0 aliphatic carbocycles. The molecule has 0 spiro atoms. The summed E-state index contributed by atoms with van der Waals surface area (Å²) in [6.45, 7) is 4.00. The number of benzene rings is 1. The first-order chi connectivity index (χ1) is 8.97. The van der Waals surface area contributed by atoms with E-state index in [1.807, 2.05) is 13.8 Å². The molecule has 0 radical (unpaired) electrons. The van der Waals surface area contributed by atoms with Crippen LogP contribution in [0.25, 0.3) is 17.0 Å². The van der Waals surface area contributed by atoms with Crippen LogP contribution in [0.2, 0.25) is 0 Å². The summed E-state index contributed by atoms with van der Waals surface area (Å²) in [6, 6.07) is 6.12. The fourth-order valence-electron chi connectivity index (χ4n) is 1.84. The van der Waals surface area contributed by atoms with Crippen LogP contribution in [-0.4, -0.2) is 16.1 Å². The third-order valence-electron chi connectivity index (χ3n) is 2.82. The largest absolute Gasteiger partial charge is 0.478 e. The van der Waals surface area contributed by atoms with Crippen LogP contribution in [0, 0.1) is 5.82 Å². The Morgan fingerprint density at radius 1 is 1.37 bits per heavy atom. The van der Waals surface area contributed by atoms with Crippen LogP contribution in [0.15, 0.2) is 30.3 Å². The monoisotopic (exact) mass is 259 g/mol. The van der Waals surface area contributed by atoms with E-state index in [9.17, 15) is 9.18 Å². The second-order valence-electron chi connectivity index (χ2n) is 4.62. The van der Waals surface area contributed by atoms with E-state index in [4.69, 9.17) is 5.11 Å². The van der Waals surface area contributed by atoms with E-state index in [0.29, 0.717) is 16.5 Å². The van der Waals surface area contributed by atoms with Crippen molar-refractivity contribution >= 4 is 22.9 Å². The van der Waals surface area contributed by atoms with Gasteiger partial charge in [0.05, 0.1) is 5.52 Å². The van der Waals surface area contributed by atoms with Gasteiger partial charge in [0.25, 0.3) is 0 Å². The normalized spacial score (nSPS) is 11.6. The second-order valence-corrected chi connectivity index (χ2v) is 4.62. The number of halogens is 1. The van der Waals surface area contributed by atoms with Gasteiger partial charge in [0, 0.05) is 17.2 Å². The molecule has 0 unspecified atom stereocenters. The third-order valence-corrected chi connectivity index (χ3v) is 2.82. The number of aliphatic carboxylic acids is 1. The van der Waals surface area contributed by atoms with E-state index >= 15 is 0 Å². The minimum Gasteiger partial charge on any atom is -0.478 e. The molecule has 0 bridgehead atoms. The zero-order valence-electron chi connectivity index (χ0n) is 10.7. The Labute approximate surface area is 110 Å². The topological polar surface area (TPSA) is 50.2 Å². The minimum absolute atomic E-state index is 0.214. The van der Waals surface area contributed by atoms with Gasteiger partial charge in [-0.05, 0) is 41.8 Å². The maximum absolute atomic E-state index is 13.3. The number of fused-ring (bicyclic) bond motifs is 1. The number of hydrogen-bond acceptors (Lipinski definition) is 2. The zero-order valence-corrected chi connectivity index (χ0v) is 10.7. The summed E-state index contributed by atoms with van der Waals surface area (Å²) in [6.07, 6.45) is 2.52. The van der Waals surface area contributed by atoms with Crippen molar-refractivity contribution in [2.75, 3.05) is 0 Å². The lowest BCUT2D eigenvalue weighted by atomic mass is 10.0. The van der Waals surface area contributed by atoms with Crippen molar-refractivity contribution in [3.05, 3.63) is 47.4 Å². The van der Waals surface area contributed by atoms with Crippen LogP contribution in [0.4, 0.5) is 4.39 Å². The number of pyridine rings is 1. The Morgan fingerprint density at radius 3 is 2.74 bits per heavy atom. The molecule has 1 N–H and O–H groups in total. The number of aromatic nitrogens is 1. The molecule has 2 rings (SSSR count). The predicted octanol–water partition coefficient (Wildman–Crippen LogP) is 3.60. The van der Waals surface area contributed by atoms with E-state index in [1.165, 1.54) is 18.2 Å². The minimum atomic E-state index is -1.03. The Bertz CT molecular complexity index is 662. The van der Waals surface area contributed by atoms with Crippen molar-refractivity contribution in [3.8, 4) is 0 Å². The first kappa shape index (κ1) is 13.2. The SMILES string of the molecule is CC(C)c1cc(/C=C/C(=O)O)c2cc(F)ccc2n1. The van der Waals surface area contributed by atoms with Crippen LogP contribution in [0.3, 0.4) is 0 Å². The maximum atomic E-state index is 13.3. The average molecular weight is 259 g/mol. The molecule has 3 nitrogen and oxygen atoms in total. The summed E-state index contributed by atoms with van der Waals surface area (Å²) in [4.78, 5) is 15.1. The second kappa shape index (κ2) is 5.18. The van der Waals surface area contributed by atoms with E-state index in [-0.39, 0.29) is 11.7 Å². The number of hydrogen-bond donors (Lipinski definition) is 1. The lowest BCUT2D eigenvalue weighted by Crippen LogP contribution is -1.96. The Morgan fingerprint density at radius 2 is 2.11 bits per heavy atom. The molecule has 0 aliphatic rings. The molecule has 2 aromatic rings. The van der Waals surface area contributed by atoms with Crippen LogP contribution in [0.5, 0.6) is 0 Å². The van der Waals surface area contributed by atoms with Gasteiger partial charge in [0.2, 0.25) is 0 Å². The van der Waals surface area contributed by atoms with Crippen molar-refractivity contribution in [1.29, 1.82) is 0 Å². The van der Waals surface area contributed by atoms with Crippen LogP contribution >= 0.6 is 0 Å². The molecule has 98 valence electrons. The fourth-order valence-corrected chi connectivity index (χ4v) is 1.84. The maximum Gasteiger partial charge on any atom is 0.328 e. The van der Waals surface area contributed by atoms with E-state index < -0.39 is 5.97 Å². The molecule has 0 saturated carbocycles. The van der Waals surface area contributed by atoms with Gasteiger partial charge < -0.3 is 5.11 Å². The van der Waals surface area contributed by atoms with Gasteiger partial charge in [-0.2, -0.15) is 0 Å². The van der Waals surface area contributed by atoms with Crippen molar-refractivity contribution in [1.82, 2.24) is 4.98 Å². The number of carbonyl (C=O) groups is 1. The first-order valence-corrected chi connectivity index (χ1v) is 5.98. The Hall–Kier alpha value is -2.23. The van der Waals surface area contributed by atoms with Gasteiger partial charge in [0.15, 0.2) is 0 Å². The summed E-state index contributed by atoms with van der Waals surface area (Å²) < 4.78 is 13.3. The predicted molar refractivity (Wildman–Crippen MR) is 72.5 cm³/mol. The molecule has 0 saturated heterocycles. The fraction of sp³-hybridized carbons (Fsp3) is 0.200. The highest BCUT2D eigenvalue weighted by atomic mass is 19.1. The third kappa shape index (κ3) is 2.96. The van der Waals surface area contributed by atoms with Crippen molar-refractivity contribution in [2.24, 2.45) is 0 Å². The van der Waals surface area contributed by atoms with Crippen LogP contribution in [-0.2, 0) is 4.79 Å². The van der Waals surface area contributed by atoms with E-state index in [2.05, 4.69) is 4.98 Å². The van der Waals surface area contributed by atoms with Gasteiger partial charge in [-0.3, -0.25) is 4.98 Å². The van der Waals surface area contributed by atoms with E-state index in [0.717, 1.165) is 11.8 Å². The van der Waals surface area contributed by atoms with Gasteiger partial charge in [-0.1, -0.05) is 13.8 Å². The van der Waals surface area contributed by atoms with Gasteiger partial charge in [-0.25, -0.2) is 9.18 Å². The Balaban J connectivity index is 2.69. The standard InChI is InChI=1S/C15H14FNO2/c1-9(2)14-7-10(3-6-15(18)19)12-8-11(16)4-5-13(12)17-14/h3-9H,1-2H3,(H,18,19)/b6-3+. The molecule has 0 amide bonds. The molecule has 0 aliphatic heterocycles. The summed E-state index contributed by atoms with van der Waals surface area (Å²) in [5.74, 6) is -1.18. The first-order valence-electron chi connectivity index (χ1n) is 5.98.